The summed E-state index contributed by atoms with van der Waals surface area (Å²) in [5.74, 6) is 1.26. The van der Waals surface area contributed by atoms with Gasteiger partial charge in [0.2, 0.25) is 0 Å². The van der Waals surface area contributed by atoms with Gasteiger partial charge in [-0.1, -0.05) is 43.7 Å². The van der Waals surface area contributed by atoms with Crippen molar-refractivity contribution in [1.82, 2.24) is 0 Å². The van der Waals surface area contributed by atoms with Crippen LogP contribution in [-0.2, 0) is 6.61 Å². The summed E-state index contributed by atoms with van der Waals surface area (Å²) in [6.07, 6.45) is 0. The number of ether oxygens (including phenoxy) is 1. The van der Waals surface area contributed by atoms with E-state index >= 15 is 0 Å². The molecule has 134 valence electrons. The van der Waals surface area contributed by atoms with E-state index in [0.29, 0.717) is 17.4 Å². The Hall–Kier alpha value is -2.59. The number of carbonyl (C=O) groups is 1. The molecule has 1 amide bonds. The first-order chi connectivity index (χ1) is 12.5. The lowest BCUT2D eigenvalue weighted by Gasteiger charge is -2.08. The summed E-state index contributed by atoms with van der Waals surface area (Å²) in [5, 5.41) is 4.88. The van der Waals surface area contributed by atoms with Crippen LogP contribution in [0.5, 0.6) is 5.75 Å². The van der Waals surface area contributed by atoms with Gasteiger partial charge in [0.1, 0.15) is 12.4 Å². The highest BCUT2D eigenvalue weighted by Gasteiger charge is 2.10. The van der Waals surface area contributed by atoms with Crippen molar-refractivity contribution >= 4 is 22.9 Å². The smallest absolute Gasteiger partial charge is 0.265 e. The van der Waals surface area contributed by atoms with Gasteiger partial charge in [-0.05, 0) is 54.1 Å². The highest BCUT2D eigenvalue weighted by atomic mass is 32.1. The first-order valence-corrected chi connectivity index (χ1v) is 9.57. The Balaban J connectivity index is 1.57. The molecule has 0 unspecified atom stereocenters. The second-order valence-electron chi connectivity index (χ2n) is 6.65. The van der Waals surface area contributed by atoms with E-state index in [1.165, 1.54) is 22.5 Å². The maximum atomic E-state index is 12.3. The average Bonchev–Trinajstić information content (AvgIpc) is 3.11. The molecule has 0 radical (unpaired) electrons. The van der Waals surface area contributed by atoms with E-state index < -0.39 is 0 Å². The Morgan fingerprint density at radius 3 is 2.42 bits per heavy atom. The van der Waals surface area contributed by atoms with E-state index in [0.717, 1.165) is 17.0 Å². The van der Waals surface area contributed by atoms with Crippen LogP contribution in [-0.4, -0.2) is 5.91 Å². The van der Waals surface area contributed by atoms with Crippen LogP contribution in [0.15, 0.2) is 60.0 Å². The predicted octanol–water partition coefficient (Wildman–Crippen LogP) is 6.01. The van der Waals surface area contributed by atoms with Crippen molar-refractivity contribution < 1.29 is 9.53 Å². The van der Waals surface area contributed by atoms with Gasteiger partial charge in [0.05, 0.1) is 4.88 Å². The zero-order valence-electron chi connectivity index (χ0n) is 15.3. The molecular formula is C22H23NO2S. The molecule has 4 heteroatoms. The van der Waals surface area contributed by atoms with E-state index in [4.69, 9.17) is 4.74 Å². The van der Waals surface area contributed by atoms with Crippen LogP contribution in [0.1, 0.15) is 46.1 Å². The van der Waals surface area contributed by atoms with Gasteiger partial charge in [0.15, 0.2) is 0 Å². The third kappa shape index (κ3) is 4.73. The molecule has 26 heavy (non-hydrogen) atoms. The van der Waals surface area contributed by atoms with Crippen molar-refractivity contribution in [1.29, 1.82) is 0 Å². The normalized spacial score (nSPS) is 10.8. The van der Waals surface area contributed by atoms with Crippen LogP contribution in [0, 0.1) is 6.92 Å². The van der Waals surface area contributed by atoms with Crippen molar-refractivity contribution in [3.8, 4) is 5.75 Å². The Morgan fingerprint density at radius 1 is 1.08 bits per heavy atom. The van der Waals surface area contributed by atoms with Gasteiger partial charge >= 0.3 is 0 Å². The van der Waals surface area contributed by atoms with Gasteiger partial charge in [-0.2, -0.15) is 0 Å². The van der Waals surface area contributed by atoms with E-state index in [9.17, 15) is 4.79 Å². The molecule has 3 rings (SSSR count). The van der Waals surface area contributed by atoms with E-state index in [2.05, 4.69) is 31.3 Å². The van der Waals surface area contributed by atoms with Crippen LogP contribution >= 0.6 is 11.3 Å². The van der Waals surface area contributed by atoms with Gasteiger partial charge in [-0.25, -0.2) is 0 Å². The highest BCUT2D eigenvalue weighted by Crippen LogP contribution is 2.21. The molecule has 0 spiro atoms. The van der Waals surface area contributed by atoms with Crippen molar-refractivity contribution in [2.45, 2.75) is 33.3 Å². The molecule has 0 saturated carbocycles. The third-order valence-electron chi connectivity index (χ3n) is 4.14. The third-order valence-corrected chi connectivity index (χ3v) is 5.12. The lowest BCUT2D eigenvalue weighted by molar-refractivity contribution is 0.103. The highest BCUT2D eigenvalue weighted by molar-refractivity contribution is 7.12. The summed E-state index contributed by atoms with van der Waals surface area (Å²) in [6.45, 7) is 6.82. The molecule has 0 aliphatic rings. The number of nitrogens with one attached hydrogen (secondary N) is 1. The monoisotopic (exact) mass is 365 g/mol. The SMILES string of the molecule is Cc1ccc(NC(=O)c2cc(COc3ccc(C(C)C)cc3)cs2)cc1. The number of amides is 1. The number of hydrogen-bond donors (Lipinski definition) is 1. The number of thiophene rings is 1. The minimum Gasteiger partial charge on any atom is -0.489 e. The van der Waals surface area contributed by atoms with E-state index in [1.807, 2.05) is 54.8 Å². The van der Waals surface area contributed by atoms with E-state index in [-0.39, 0.29) is 5.91 Å². The minimum absolute atomic E-state index is 0.0913. The molecule has 3 nitrogen and oxygen atoms in total. The topological polar surface area (TPSA) is 38.3 Å². The van der Waals surface area contributed by atoms with Crippen molar-refractivity contribution in [3.63, 3.8) is 0 Å². The summed E-state index contributed by atoms with van der Waals surface area (Å²) in [4.78, 5) is 13.0. The number of anilines is 1. The first kappa shape index (κ1) is 18.2. The van der Waals surface area contributed by atoms with Gasteiger partial charge in [-0.15, -0.1) is 11.3 Å². The van der Waals surface area contributed by atoms with Crippen molar-refractivity contribution in [2.24, 2.45) is 0 Å². The molecule has 2 aromatic carbocycles. The summed E-state index contributed by atoms with van der Waals surface area (Å²) in [6, 6.07) is 17.8. The molecule has 0 aliphatic heterocycles. The van der Waals surface area contributed by atoms with Crippen molar-refractivity contribution in [2.75, 3.05) is 5.32 Å². The molecule has 1 aromatic heterocycles. The standard InChI is InChI=1S/C22H23NO2S/c1-15(2)18-6-10-20(11-7-18)25-13-17-12-21(26-14-17)22(24)23-19-8-4-16(3)5-9-19/h4-12,14-15H,13H2,1-3H3,(H,23,24). The largest absolute Gasteiger partial charge is 0.489 e. The zero-order chi connectivity index (χ0) is 18.5. The Kier molecular flexibility index (Phi) is 5.74. The maximum absolute atomic E-state index is 12.3. The number of hydrogen-bond acceptors (Lipinski definition) is 3. The van der Waals surface area contributed by atoms with Crippen LogP contribution < -0.4 is 10.1 Å². The second kappa shape index (κ2) is 8.19. The molecule has 0 bridgehead atoms. The van der Waals surface area contributed by atoms with Gasteiger partial charge in [0.25, 0.3) is 5.91 Å². The zero-order valence-corrected chi connectivity index (χ0v) is 16.1. The van der Waals surface area contributed by atoms with Gasteiger partial charge in [0, 0.05) is 11.3 Å². The molecule has 1 heterocycles. The number of rotatable bonds is 6. The number of benzene rings is 2. The molecule has 0 atom stereocenters. The summed E-state index contributed by atoms with van der Waals surface area (Å²) >= 11 is 1.43. The van der Waals surface area contributed by atoms with Gasteiger partial charge < -0.3 is 10.1 Å². The Labute approximate surface area is 158 Å². The molecule has 1 N–H and O–H groups in total. The number of carbonyl (C=O) groups excluding carboxylic acids is 1. The average molecular weight is 365 g/mol. The fourth-order valence-corrected chi connectivity index (χ4v) is 3.31. The van der Waals surface area contributed by atoms with Crippen LogP contribution in [0.4, 0.5) is 5.69 Å². The molecule has 3 aromatic rings. The Morgan fingerprint density at radius 2 is 1.77 bits per heavy atom. The quantitative estimate of drug-likeness (QED) is 0.581. The summed E-state index contributed by atoms with van der Waals surface area (Å²) in [7, 11) is 0. The number of aryl methyl sites for hydroxylation is 1. The van der Waals surface area contributed by atoms with Crippen LogP contribution in [0.2, 0.25) is 0 Å². The van der Waals surface area contributed by atoms with Gasteiger partial charge in [-0.3, -0.25) is 4.79 Å². The summed E-state index contributed by atoms with van der Waals surface area (Å²) < 4.78 is 5.83. The lowest BCUT2D eigenvalue weighted by atomic mass is 10.0. The maximum Gasteiger partial charge on any atom is 0.265 e. The van der Waals surface area contributed by atoms with Crippen molar-refractivity contribution in [3.05, 3.63) is 81.5 Å². The Bertz CT molecular complexity index is 864. The van der Waals surface area contributed by atoms with E-state index in [1.54, 1.807) is 0 Å². The molecule has 0 saturated heterocycles. The molecular weight excluding hydrogens is 342 g/mol. The summed E-state index contributed by atoms with van der Waals surface area (Å²) in [5.41, 5.74) is 4.26. The first-order valence-electron chi connectivity index (χ1n) is 8.69. The predicted molar refractivity (Wildman–Crippen MR) is 108 cm³/mol. The fourth-order valence-electron chi connectivity index (χ4n) is 2.52. The molecule has 0 aliphatic carbocycles. The molecule has 0 fully saturated rings. The van der Waals surface area contributed by atoms with Crippen LogP contribution in [0.3, 0.4) is 0 Å². The second-order valence-corrected chi connectivity index (χ2v) is 7.56. The lowest BCUT2D eigenvalue weighted by Crippen LogP contribution is -2.10. The fraction of sp³-hybridized carbons (Fsp3) is 0.227. The van der Waals surface area contributed by atoms with Crippen LogP contribution in [0.25, 0.3) is 0 Å². The minimum atomic E-state index is -0.0913.